The molecule has 1 aromatic heterocycles. The number of carbonyl (C=O) groups excluding carboxylic acids is 1. The molecule has 2 bridgehead atoms. The van der Waals surface area contributed by atoms with Gasteiger partial charge in [-0.2, -0.15) is 0 Å². The summed E-state index contributed by atoms with van der Waals surface area (Å²) in [5.74, 6) is 0.764. The standard InChI is InChI=1S/C19H23N3O2S/c1-18(2)12-8-9-19(18,3)15(10-12)21-22-16(23)11-25-17-20-13-6-4-5-7-14(13)24-17/h4-7,10,12,21H,8-9,11H2,1-3H3,(H,22,23)/t12-,19+/m0/s1. The van der Waals surface area contributed by atoms with Crippen LogP contribution < -0.4 is 10.9 Å². The Balaban J connectivity index is 1.32. The van der Waals surface area contributed by atoms with Crippen molar-refractivity contribution in [1.82, 2.24) is 15.8 Å². The highest BCUT2D eigenvalue weighted by molar-refractivity contribution is 7.99. The summed E-state index contributed by atoms with van der Waals surface area (Å²) in [5, 5.41) is 0.517. The third-order valence-electron chi connectivity index (χ3n) is 6.20. The number of allylic oxidation sites excluding steroid dienone is 2. The molecule has 1 amide bonds. The molecule has 132 valence electrons. The Hall–Kier alpha value is -1.95. The van der Waals surface area contributed by atoms with E-state index in [2.05, 4.69) is 42.7 Å². The number of nitrogens with zero attached hydrogens (tertiary/aromatic N) is 1. The molecule has 1 aromatic carbocycles. The van der Waals surface area contributed by atoms with Gasteiger partial charge in [-0.15, -0.1) is 0 Å². The number of para-hydroxylation sites is 2. The molecule has 0 spiro atoms. The fourth-order valence-electron chi connectivity index (χ4n) is 4.09. The maximum Gasteiger partial charge on any atom is 0.257 e. The predicted molar refractivity (Wildman–Crippen MR) is 98.7 cm³/mol. The smallest absolute Gasteiger partial charge is 0.257 e. The van der Waals surface area contributed by atoms with Crippen molar-refractivity contribution in [2.75, 3.05) is 5.75 Å². The van der Waals surface area contributed by atoms with Crippen molar-refractivity contribution >= 4 is 28.8 Å². The van der Waals surface area contributed by atoms with Gasteiger partial charge in [0.2, 0.25) is 5.91 Å². The van der Waals surface area contributed by atoms with Crippen LogP contribution in [0, 0.1) is 16.7 Å². The second-order valence-electron chi connectivity index (χ2n) is 7.69. The maximum absolute atomic E-state index is 12.2. The average Bonchev–Trinajstić information content (AvgIpc) is 3.16. The van der Waals surface area contributed by atoms with Crippen molar-refractivity contribution in [3.05, 3.63) is 36.0 Å². The van der Waals surface area contributed by atoms with Crippen LogP contribution in [0.3, 0.4) is 0 Å². The first-order valence-electron chi connectivity index (χ1n) is 8.66. The Labute approximate surface area is 151 Å². The number of nitrogens with one attached hydrogen (secondary N) is 2. The monoisotopic (exact) mass is 357 g/mol. The molecule has 2 atom stereocenters. The zero-order chi connectivity index (χ0) is 17.7. The number of hydrogen-bond donors (Lipinski definition) is 2. The van der Waals surface area contributed by atoms with Crippen LogP contribution in [0.5, 0.6) is 0 Å². The molecule has 5 nitrogen and oxygen atoms in total. The quantitative estimate of drug-likeness (QED) is 0.628. The highest BCUT2D eigenvalue weighted by Gasteiger charge is 2.57. The number of rotatable bonds is 5. The molecule has 2 aromatic rings. The minimum atomic E-state index is -0.0858. The fraction of sp³-hybridized carbons (Fsp3) is 0.474. The lowest BCUT2D eigenvalue weighted by Crippen LogP contribution is -2.43. The SMILES string of the molecule is CC1(C)[C@@H]2C=C(NNC(=O)CSc3nc4ccccc4o3)[C@@]1(C)CC2. The number of benzene rings is 1. The molecule has 1 fully saturated rings. The molecule has 0 radical (unpaired) electrons. The van der Waals surface area contributed by atoms with E-state index in [1.165, 1.54) is 18.2 Å². The third kappa shape index (κ3) is 2.63. The summed E-state index contributed by atoms with van der Waals surface area (Å²) in [6.45, 7) is 6.93. The zero-order valence-electron chi connectivity index (χ0n) is 14.8. The van der Waals surface area contributed by atoms with E-state index in [-0.39, 0.29) is 22.5 Å². The van der Waals surface area contributed by atoms with E-state index < -0.39 is 0 Å². The number of thioether (sulfide) groups is 1. The Kier molecular flexibility index (Phi) is 3.83. The molecule has 6 heteroatoms. The van der Waals surface area contributed by atoms with Crippen LogP contribution in [0.1, 0.15) is 33.6 Å². The summed E-state index contributed by atoms with van der Waals surface area (Å²) in [6.07, 6.45) is 4.69. The molecule has 0 saturated heterocycles. The molecule has 2 aliphatic rings. The normalized spacial score (nSPS) is 26.7. The van der Waals surface area contributed by atoms with E-state index in [4.69, 9.17) is 4.42 Å². The van der Waals surface area contributed by atoms with E-state index in [1.54, 1.807) is 0 Å². The van der Waals surface area contributed by atoms with E-state index >= 15 is 0 Å². The number of oxazole rings is 1. The third-order valence-corrected chi connectivity index (χ3v) is 7.03. The lowest BCUT2D eigenvalue weighted by molar-refractivity contribution is -0.119. The van der Waals surface area contributed by atoms with Crippen LogP contribution in [0.25, 0.3) is 11.1 Å². The minimum Gasteiger partial charge on any atom is -0.431 e. The van der Waals surface area contributed by atoms with Crippen LogP contribution in [-0.4, -0.2) is 16.6 Å². The first-order chi connectivity index (χ1) is 11.9. The van der Waals surface area contributed by atoms with Gasteiger partial charge in [-0.1, -0.05) is 50.7 Å². The number of hydrogen-bond acceptors (Lipinski definition) is 5. The van der Waals surface area contributed by atoms with Crippen LogP contribution in [0.2, 0.25) is 0 Å². The van der Waals surface area contributed by atoms with E-state index in [0.29, 0.717) is 11.1 Å². The first-order valence-corrected chi connectivity index (χ1v) is 9.64. The second kappa shape index (κ2) is 5.80. The highest BCUT2D eigenvalue weighted by atomic mass is 32.2. The number of amides is 1. The van der Waals surface area contributed by atoms with Gasteiger partial charge in [0.1, 0.15) is 5.52 Å². The summed E-state index contributed by atoms with van der Waals surface area (Å²) in [6, 6.07) is 7.59. The predicted octanol–water partition coefficient (Wildman–Crippen LogP) is 3.88. The molecule has 1 heterocycles. The lowest BCUT2D eigenvalue weighted by atomic mass is 9.69. The maximum atomic E-state index is 12.2. The number of fused-ring (bicyclic) bond motifs is 3. The molecule has 2 N–H and O–H groups in total. The van der Waals surface area contributed by atoms with Gasteiger partial charge in [0.25, 0.3) is 5.22 Å². The Bertz CT molecular complexity index is 824. The summed E-state index contributed by atoms with van der Waals surface area (Å²) in [7, 11) is 0. The van der Waals surface area contributed by atoms with E-state index in [0.717, 1.165) is 23.2 Å². The van der Waals surface area contributed by atoms with Gasteiger partial charge in [0.05, 0.1) is 5.75 Å². The van der Waals surface area contributed by atoms with Gasteiger partial charge >= 0.3 is 0 Å². The Morgan fingerprint density at radius 3 is 2.84 bits per heavy atom. The second-order valence-corrected chi connectivity index (χ2v) is 8.62. The average molecular weight is 357 g/mol. The summed E-state index contributed by atoms with van der Waals surface area (Å²) in [4.78, 5) is 16.5. The minimum absolute atomic E-state index is 0.0858. The highest BCUT2D eigenvalue weighted by Crippen LogP contribution is 2.64. The molecule has 2 aliphatic carbocycles. The van der Waals surface area contributed by atoms with E-state index in [9.17, 15) is 4.79 Å². The van der Waals surface area contributed by atoms with Crippen LogP contribution in [0.15, 0.2) is 45.7 Å². The Morgan fingerprint density at radius 2 is 2.16 bits per heavy atom. The van der Waals surface area contributed by atoms with Crippen molar-refractivity contribution in [1.29, 1.82) is 0 Å². The van der Waals surface area contributed by atoms with Gasteiger partial charge in [-0.25, -0.2) is 4.98 Å². The first kappa shape index (κ1) is 16.5. The molecule has 1 saturated carbocycles. The molecule has 25 heavy (non-hydrogen) atoms. The topological polar surface area (TPSA) is 67.2 Å². The van der Waals surface area contributed by atoms with Gasteiger partial charge in [-0.3, -0.25) is 10.2 Å². The van der Waals surface area contributed by atoms with Crippen molar-refractivity contribution < 1.29 is 9.21 Å². The van der Waals surface area contributed by atoms with Gasteiger partial charge < -0.3 is 9.84 Å². The van der Waals surface area contributed by atoms with Crippen molar-refractivity contribution in [3.63, 3.8) is 0 Å². The number of hydrazine groups is 1. The molecular weight excluding hydrogens is 334 g/mol. The van der Waals surface area contributed by atoms with Crippen molar-refractivity contribution in [3.8, 4) is 0 Å². The van der Waals surface area contributed by atoms with Crippen LogP contribution >= 0.6 is 11.8 Å². The summed E-state index contributed by atoms with van der Waals surface area (Å²) in [5.41, 5.74) is 9.05. The van der Waals surface area contributed by atoms with Gasteiger partial charge in [0.15, 0.2) is 5.58 Å². The number of aromatic nitrogens is 1. The largest absolute Gasteiger partial charge is 0.431 e. The van der Waals surface area contributed by atoms with Gasteiger partial charge in [0, 0.05) is 11.1 Å². The van der Waals surface area contributed by atoms with Gasteiger partial charge in [-0.05, 0) is 36.3 Å². The van der Waals surface area contributed by atoms with Crippen molar-refractivity contribution in [2.45, 2.75) is 38.8 Å². The molecule has 0 aliphatic heterocycles. The lowest BCUT2D eigenvalue weighted by Gasteiger charge is -2.37. The van der Waals surface area contributed by atoms with Crippen LogP contribution in [0.4, 0.5) is 0 Å². The fourth-order valence-corrected chi connectivity index (χ4v) is 4.73. The molecular formula is C19H23N3O2S. The zero-order valence-corrected chi connectivity index (χ0v) is 15.6. The van der Waals surface area contributed by atoms with E-state index in [1.807, 2.05) is 24.3 Å². The number of carbonyl (C=O) groups is 1. The van der Waals surface area contributed by atoms with Crippen molar-refractivity contribution in [2.24, 2.45) is 16.7 Å². The summed E-state index contributed by atoms with van der Waals surface area (Å²) >= 11 is 1.30. The molecule has 0 unspecified atom stereocenters. The van der Waals surface area contributed by atoms with Crippen LogP contribution in [-0.2, 0) is 4.79 Å². The Morgan fingerprint density at radius 1 is 1.36 bits per heavy atom. The summed E-state index contributed by atoms with van der Waals surface area (Å²) < 4.78 is 5.62. The molecule has 4 rings (SSSR count).